The Kier molecular flexibility index (Phi) is 3.41. The third-order valence-electron chi connectivity index (χ3n) is 2.68. The maximum absolute atomic E-state index is 11.8. The number of nitrogen functional groups attached to an aromatic ring is 1. The average Bonchev–Trinajstić information content (AvgIpc) is 2.30. The average molecular weight is 220 g/mol. The van der Waals surface area contributed by atoms with Crippen molar-refractivity contribution >= 4 is 11.7 Å². The van der Waals surface area contributed by atoms with Crippen LogP contribution in [0.1, 0.15) is 23.2 Å². The predicted octanol–water partition coefficient (Wildman–Crippen LogP) is 1.18. The Bertz CT molecular complexity index is 373. The van der Waals surface area contributed by atoms with Gasteiger partial charge in [-0.1, -0.05) is 6.07 Å². The van der Waals surface area contributed by atoms with Crippen LogP contribution in [-0.4, -0.2) is 25.2 Å². The molecule has 0 unspecified atom stereocenters. The number of nitrogens with one attached hydrogen (secondary N) is 1. The molecule has 1 fully saturated rings. The zero-order valence-electron chi connectivity index (χ0n) is 9.11. The van der Waals surface area contributed by atoms with Crippen LogP contribution in [0.15, 0.2) is 24.3 Å². The van der Waals surface area contributed by atoms with Gasteiger partial charge in [0.1, 0.15) is 6.10 Å². The van der Waals surface area contributed by atoms with E-state index in [1.807, 2.05) is 0 Å². The standard InChI is InChI=1S/C12H16N2O2/c13-10-3-1-2-9(8-10)12(15)16-11-4-6-14-7-5-11/h1-3,8,11,14H,4-7,13H2. The molecule has 0 atom stereocenters. The summed E-state index contributed by atoms with van der Waals surface area (Å²) in [7, 11) is 0. The van der Waals surface area contributed by atoms with Gasteiger partial charge >= 0.3 is 5.97 Å². The Labute approximate surface area is 94.8 Å². The number of carbonyl (C=O) groups is 1. The van der Waals surface area contributed by atoms with Crippen molar-refractivity contribution in [3.05, 3.63) is 29.8 Å². The van der Waals surface area contributed by atoms with Gasteiger partial charge in [0.2, 0.25) is 0 Å². The van der Waals surface area contributed by atoms with Crippen LogP contribution in [0.25, 0.3) is 0 Å². The number of hydrogen-bond donors (Lipinski definition) is 2. The van der Waals surface area contributed by atoms with Gasteiger partial charge in [-0.05, 0) is 44.1 Å². The van der Waals surface area contributed by atoms with Gasteiger partial charge in [0.05, 0.1) is 5.56 Å². The molecule has 0 bridgehead atoms. The number of rotatable bonds is 2. The van der Waals surface area contributed by atoms with E-state index < -0.39 is 0 Å². The zero-order chi connectivity index (χ0) is 11.4. The molecule has 1 aliphatic heterocycles. The Morgan fingerprint density at radius 1 is 1.38 bits per heavy atom. The molecule has 86 valence electrons. The molecule has 1 aliphatic rings. The number of esters is 1. The number of anilines is 1. The molecule has 0 spiro atoms. The van der Waals surface area contributed by atoms with E-state index in [1.54, 1.807) is 24.3 Å². The van der Waals surface area contributed by atoms with Gasteiger partial charge in [0, 0.05) is 5.69 Å². The predicted molar refractivity (Wildman–Crippen MR) is 62.2 cm³/mol. The summed E-state index contributed by atoms with van der Waals surface area (Å²) in [6, 6.07) is 6.87. The van der Waals surface area contributed by atoms with E-state index in [-0.39, 0.29) is 12.1 Å². The number of hydrogen-bond acceptors (Lipinski definition) is 4. The minimum atomic E-state index is -0.279. The molecule has 1 aromatic rings. The molecule has 16 heavy (non-hydrogen) atoms. The molecule has 0 amide bonds. The number of ether oxygens (including phenoxy) is 1. The normalized spacial score (nSPS) is 17.0. The number of carbonyl (C=O) groups excluding carboxylic acids is 1. The van der Waals surface area contributed by atoms with E-state index >= 15 is 0 Å². The van der Waals surface area contributed by atoms with Crippen LogP contribution in [0.3, 0.4) is 0 Å². The highest BCUT2D eigenvalue weighted by atomic mass is 16.5. The van der Waals surface area contributed by atoms with E-state index in [0.29, 0.717) is 11.3 Å². The molecular weight excluding hydrogens is 204 g/mol. The first-order valence-corrected chi connectivity index (χ1v) is 5.53. The van der Waals surface area contributed by atoms with Crippen molar-refractivity contribution in [2.24, 2.45) is 0 Å². The lowest BCUT2D eigenvalue weighted by molar-refractivity contribution is 0.0229. The third-order valence-corrected chi connectivity index (χ3v) is 2.68. The SMILES string of the molecule is Nc1cccc(C(=O)OC2CCNCC2)c1. The van der Waals surface area contributed by atoms with Gasteiger partial charge in [-0.15, -0.1) is 0 Å². The molecule has 1 heterocycles. The highest BCUT2D eigenvalue weighted by Gasteiger charge is 2.18. The third kappa shape index (κ3) is 2.73. The van der Waals surface area contributed by atoms with Crippen molar-refractivity contribution in [2.75, 3.05) is 18.8 Å². The van der Waals surface area contributed by atoms with E-state index in [1.165, 1.54) is 0 Å². The molecule has 0 saturated carbocycles. The van der Waals surface area contributed by atoms with Crippen LogP contribution in [0, 0.1) is 0 Å². The maximum Gasteiger partial charge on any atom is 0.338 e. The fourth-order valence-corrected chi connectivity index (χ4v) is 1.80. The van der Waals surface area contributed by atoms with Crippen molar-refractivity contribution in [1.29, 1.82) is 0 Å². The van der Waals surface area contributed by atoms with E-state index in [9.17, 15) is 4.79 Å². The highest BCUT2D eigenvalue weighted by molar-refractivity contribution is 5.90. The minimum Gasteiger partial charge on any atom is -0.459 e. The van der Waals surface area contributed by atoms with Crippen molar-refractivity contribution in [2.45, 2.75) is 18.9 Å². The monoisotopic (exact) mass is 220 g/mol. The summed E-state index contributed by atoms with van der Waals surface area (Å²) in [6.07, 6.45) is 1.80. The van der Waals surface area contributed by atoms with Crippen LogP contribution >= 0.6 is 0 Å². The molecule has 0 aromatic heterocycles. The molecule has 1 saturated heterocycles. The van der Waals surface area contributed by atoms with Gasteiger partial charge < -0.3 is 15.8 Å². The minimum absolute atomic E-state index is 0.0372. The Morgan fingerprint density at radius 3 is 2.81 bits per heavy atom. The molecule has 1 aromatic carbocycles. The fraction of sp³-hybridized carbons (Fsp3) is 0.417. The first kappa shape index (κ1) is 11.0. The van der Waals surface area contributed by atoms with E-state index in [2.05, 4.69) is 5.32 Å². The summed E-state index contributed by atoms with van der Waals surface area (Å²) in [4.78, 5) is 11.8. The van der Waals surface area contributed by atoms with Crippen molar-refractivity contribution < 1.29 is 9.53 Å². The van der Waals surface area contributed by atoms with Crippen molar-refractivity contribution in [3.8, 4) is 0 Å². The highest BCUT2D eigenvalue weighted by Crippen LogP contribution is 2.13. The molecule has 3 N–H and O–H groups in total. The van der Waals surface area contributed by atoms with Crippen LogP contribution in [0.4, 0.5) is 5.69 Å². The zero-order valence-corrected chi connectivity index (χ0v) is 9.11. The second-order valence-electron chi connectivity index (χ2n) is 3.98. The second kappa shape index (κ2) is 4.99. The van der Waals surface area contributed by atoms with Crippen molar-refractivity contribution in [3.63, 3.8) is 0 Å². The second-order valence-corrected chi connectivity index (χ2v) is 3.98. The Morgan fingerprint density at radius 2 is 2.12 bits per heavy atom. The van der Waals surface area contributed by atoms with Gasteiger partial charge in [-0.3, -0.25) is 0 Å². The Hall–Kier alpha value is -1.55. The molecule has 4 nitrogen and oxygen atoms in total. The molecule has 0 radical (unpaired) electrons. The lowest BCUT2D eigenvalue weighted by Crippen LogP contribution is -2.33. The summed E-state index contributed by atoms with van der Waals surface area (Å²) in [6.45, 7) is 1.82. The number of piperidine rings is 1. The first-order chi connectivity index (χ1) is 7.75. The quantitative estimate of drug-likeness (QED) is 0.580. The van der Waals surface area contributed by atoms with E-state index in [0.717, 1.165) is 25.9 Å². The number of nitrogens with two attached hydrogens (primary N) is 1. The Balaban J connectivity index is 1.97. The smallest absolute Gasteiger partial charge is 0.338 e. The fourth-order valence-electron chi connectivity index (χ4n) is 1.80. The van der Waals surface area contributed by atoms with Gasteiger partial charge in [0.25, 0.3) is 0 Å². The summed E-state index contributed by atoms with van der Waals surface area (Å²) in [5.41, 5.74) is 6.72. The molecule has 4 heteroatoms. The van der Waals surface area contributed by atoms with Gasteiger partial charge in [-0.2, -0.15) is 0 Å². The van der Waals surface area contributed by atoms with Crippen LogP contribution in [0.5, 0.6) is 0 Å². The summed E-state index contributed by atoms with van der Waals surface area (Å²) < 4.78 is 5.40. The van der Waals surface area contributed by atoms with Gasteiger partial charge in [-0.25, -0.2) is 4.79 Å². The van der Waals surface area contributed by atoms with Crippen LogP contribution in [-0.2, 0) is 4.74 Å². The summed E-state index contributed by atoms with van der Waals surface area (Å²) >= 11 is 0. The topological polar surface area (TPSA) is 64.4 Å². The molecule has 2 rings (SSSR count). The molecular formula is C12H16N2O2. The summed E-state index contributed by atoms with van der Waals surface area (Å²) in [5, 5.41) is 3.23. The lowest BCUT2D eigenvalue weighted by atomic mass is 10.1. The number of benzene rings is 1. The maximum atomic E-state index is 11.8. The van der Waals surface area contributed by atoms with E-state index in [4.69, 9.17) is 10.5 Å². The largest absolute Gasteiger partial charge is 0.459 e. The van der Waals surface area contributed by atoms with Gasteiger partial charge in [0.15, 0.2) is 0 Å². The summed E-state index contributed by atoms with van der Waals surface area (Å²) in [5.74, 6) is -0.279. The molecule has 0 aliphatic carbocycles. The van der Waals surface area contributed by atoms with Crippen LogP contribution < -0.4 is 11.1 Å². The van der Waals surface area contributed by atoms with Crippen LogP contribution in [0.2, 0.25) is 0 Å². The van der Waals surface area contributed by atoms with Crippen molar-refractivity contribution in [1.82, 2.24) is 5.32 Å². The first-order valence-electron chi connectivity index (χ1n) is 5.53. The lowest BCUT2D eigenvalue weighted by Gasteiger charge is -2.22.